The fourth-order valence-electron chi connectivity index (χ4n) is 0.740. The minimum Gasteiger partial charge on any atom is -0.480 e. The van der Waals surface area contributed by atoms with Gasteiger partial charge in [-0.25, -0.2) is 0 Å². The van der Waals surface area contributed by atoms with Gasteiger partial charge in [0, 0.05) is 0 Å². The molecule has 82 valence electrons. The molecule has 0 saturated carbocycles. The lowest BCUT2D eigenvalue weighted by Gasteiger charge is -2.01. The first-order valence-corrected chi connectivity index (χ1v) is 5.82. The Bertz CT molecular complexity index is 259. The molecule has 0 aromatic rings. The van der Waals surface area contributed by atoms with Gasteiger partial charge in [-0.1, -0.05) is 12.2 Å². The predicted octanol–water partition coefficient (Wildman–Crippen LogP) is -0.0876. The molecule has 0 saturated heterocycles. The maximum atomic E-state index is 10.4. The Labute approximate surface area is 81.6 Å². The zero-order valence-corrected chi connectivity index (χ0v) is 8.43. The Kier molecular flexibility index (Phi) is 5.64. The van der Waals surface area contributed by atoms with Crippen molar-refractivity contribution in [2.45, 2.75) is 18.9 Å². The van der Waals surface area contributed by atoms with Gasteiger partial charge in [0.2, 0.25) is 0 Å². The van der Waals surface area contributed by atoms with Crippen molar-refractivity contribution in [1.82, 2.24) is 0 Å². The zero-order valence-electron chi connectivity index (χ0n) is 7.54. The Morgan fingerprint density at radius 1 is 1.50 bits per heavy atom. The molecule has 0 aliphatic heterocycles. The van der Waals surface area contributed by atoms with E-state index in [9.17, 15) is 9.36 Å². The van der Waals surface area contributed by atoms with Gasteiger partial charge in [0.25, 0.3) is 0 Å². The van der Waals surface area contributed by atoms with E-state index in [1.165, 1.54) is 12.2 Å². The van der Waals surface area contributed by atoms with E-state index < -0.39 is 19.6 Å². The standard InChI is InChI=1S/C7H14NO5P/c8-6(7(9)10)4-2-1-3-5-14(11,12)13/h2,4,6H,1,3,5,8H2,(H,9,10)(H2,11,12,13)/b4-2+/t6-/m1/s1. The number of hydrogen-bond donors (Lipinski definition) is 4. The van der Waals surface area contributed by atoms with Crippen molar-refractivity contribution >= 4 is 13.6 Å². The largest absolute Gasteiger partial charge is 0.480 e. The quantitative estimate of drug-likeness (QED) is 0.284. The van der Waals surface area contributed by atoms with Crippen molar-refractivity contribution in [2.75, 3.05) is 6.16 Å². The molecule has 0 fully saturated rings. The maximum Gasteiger partial charge on any atom is 0.325 e. The molecule has 7 heteroatoms. The lowest BCUT2D eigenvalue weighted by Crippen LogP contribution is -2.27. The summed E-state index contributed by atoms with van der Waals surface area (Å²) in [5, 5.41) is 8.37. The molecule has 0 bridgehead atoms. The van der Waals surface area contributed by atoms with Gasteiger partial charge >= 0.3 is 13.6 Å². The van der Waals surface area contributed by atoms with Crippen LogP contribution in [-0.2, 0) is 9.36 Å². The lowest BCUT2D eigenvalue weighted by atomic mass is 10.2. The van der Waals surface area contributed by atoms with Crippen molar-refractivity contribution in [3.05, 3.63) is 12.2 Å². The van der Waals surface area contributed by atoms with Gasteiger partial charge in [-0.3, -0.25) is 9.36 Å². The summed E-state index contributed by atoms with van der Waals surface area (Å²) in [6, 6.07) is -1.05. The first-order valence-electron chi connectivity index (χ1n) is 4.02. The molecule has 5 N–H and O–H groups in total. The number of carbonyl (C=O) groups is 1. The first kappa shape index (κ1) is 13.3. The summed E-state index contributed by atoms with van der Waals surface area (Å²) in [5.41, 5.74) is 5.14. The van der Waals surface area contributed by atoms with Gasteiger partial charge in [0.1, 0.15) is 6.04 Å². The van der Waals surface area contributed by atoms with Crippen LogP contribution in [-0.4, -0.2) is 33.1 Å². The zero-order chi connectivity index (χ0) is 11.2. The molecular weight excluding hydrogens is 209 g/mol. The Hall–Kier alpha value is -0.680. The summed E-state index contributed by atoms with van der Waals surface area (Å²) >= 11 is 0. The van der Waals surface area contributed by atoms with E-state index in [1.54, 1.807) is 0 Å². The SMILES string of the molecule is N[C@H](/C=C/CCCP(=O)(O)O)C(=O)O. The third kappa shape index (κ3) is 7.94. The van der Waals surface area contributed by atoms with Crippen LogP contribution in [0.15, 0.2) is 12.2 Å². The minimum absolute atomic E-state index is 0.195. The van der Waals surface area contributed by atoms with Gasteiger partial charge in [-0.2, -0.15) is 0 Å². The molecule has 0 spiro atoms. The predicted molar refractivity (Wildman–Crippen MR) is 50.9 cm³/mol. The van der Waals surface area contributed by atoms with Crippen LogP contribution >= 0.6 is 7.60 Å². The minimum atomic E-state index is -3.93. The average Bonchev–Trinajstić information content (AvgIpc) is 2.01. The number of carboxylic acid groups (broad SMARTS) is 1. The third-order valence-electron chi connectivity index (χ3n) is 1.45. The summed E-state index contributed by atoms with van der Waals surface area (Å²) in [5.74, 6) is -1.13. The summed E-state index contributed by atoms with van der Waals surface area (Å²) in [7, 11) is -3.93. The number of aliphatic carboxylic acids is 1. The molecular formula is C7H14NO5P. The second-order valence-electron chi connectivity index (χ2n) is 2.82. The van der Waals surface area contributed by atoms with Gasteiger partial charge < -0.3 is 20.6 Å². The molecule has 0 amide bonds. The maximum absolute atomic E-state index is 10.4. The Morgan fingerprint density at radius 3 is 2.50 bits per heavy atom. The summed E-state index contributed by atoms with van der Waals surface area (Å²) in [6.07, 6.45) is 3.33. The van der Waals surface area contributed by atoms with Crippen LogP contribution in [0.5, 0.6) is 0 Å². The second-order valence-corrected chi connectivity index (χ2v) is 4.60. The Morgan fingerprint density at radius 2 is 2.07 bits per heavy atom. The average molecular weight is 223 g/mol. The van der Waals surface area contributed by atoms with Gasteiger partial charge in [0.05, 0.1) is 6.16 Å². The van der Waals surface area contributed by atoms with Gasteiger partial charge in [-0.05, 0) is 12.8 Å². The molecule has 1 atom stereocenters. The van der Waals surface area contributed by atoms with Crippen molar-refractivity contribution in [3.63, 3.8) is 0 Å². The molecule has 0 aliphatic rings. The van der Waals surface area contributed by atoms with Crippen molar-refractivity contribution in [3.8, 4) is 0 Å². The number of hydrogen-bond acceptors (Lipinski definition) is 3. The highest BCUT2D eigenvalue weighted by Gasteiger charge is 2.10. The number of rotatable bonds is 6. The highest BCUT2D eigenvalue weighted by molar-refractivity contribution is 7.51. The van der Waals surface area contributed by atoms with Gasteiger partial charge in [0.15, 0.2) is 0 Å². The number of unbranched alkanes of at least 4 members (excludes halogenated alkanes) is 1. The van der Waals surface area contributed by atoms with Crippen LogP contribution in [0.4, 0.5) is 0 Å². The molecule has 0 aliphatic carbocycles. The van der Waals surface area contributed by atoms with Crippen LogP contribution in [0.3, 0.4) is 0 Å². The molecule has 0 unspecified atom stereocenters. The van der Waals surface area contributed by atoms with Crippen LogP contribution in [0.2, 0.25) is 0 Å². The van der Waals surface area contributed by atoms with Crippen molar-refractivity contribution in [1.29, 1.82) is 0 Å². The van der Waals surface area contributed by atoms with Crippen LogP contribution in [0.1, 0.15) is 12.8 Å². The van der Waals surface area contributed by atoms with E-state index in [1.807, 2.05) is 0 Å². The van der Waals surface area contributed by atoms with Crippen molar-refractivity contribution < 1.29 is 24.3 Å². The molecule has 0 radical (unpaired) electrons. The second kappa shape index (κ2) is 5.93. The molecule has 14 heavy (non-hydrogen) atoms. The van der Waals surface area contributed by atoms with E-state index in [-0.39, 0.29) is 6.16 Å². The first-order chi connectivity index (χ1) is 6.33. The summed E-state index contributed by atoms with van der Waals surface area (Å²) in [6.45, 7) is 0. The van der Waals surface area contributed by atoms with Gasteiger partial charge in [-0.15, -0.1) is 0 Å². The monoisotopic (exact) mass is 223 g/mol. The van der Waals surface area contributed by atoms with E-state index in [2.05, 4.69) is 0 Å². The van der Waals surface area contributed by atoms with Crippen LogP contribution in [0.25, 0.3) is 0 Å². The Balaban J connectivity index is 3.65. The molecule has 0 aromatic carbocycles. The summed E-state index contributed by atoms with van der Waals surface area (Å²) < 4.78 is 10.4. The number of nitrogens with two attached hydrogens (primary N) is 1. The number of carboxylic acids is 1. The molecule has 6 nitrogen and oxygen atoms in total. The van der Waals surface area contributed by atoms with Crippen LogP contribution < -0.4 is 5.73 Å². The van der Waals surface area contributed by atoms with Crippen LogP contribution in [0, 0.1) is 0 Å². The molecule has 0 aromatic heterocycles. The highest BCUT2D eigenvalue weighted by Crippen LogP contribution is 2.35. The third-order valence-corrected chi connectivity index (χ3v) is 2.35. The fourth-order valence-corrected chi connectivity index (χ4v) is 1.33. The van der Waals surface area contributed by atoms with E-state index in [0.717, 1.165) is 0 Å². The topological polar surface area (TPSA) is 121 Å². The van der Waals surface area contributed by atoms with Crippen molar-refractivity contribution in [2.24, 2.45) is 5.73 Å². The molecule has 0 heterocycles. The van der Waals surface area contributed by atoms with E-state index in [4.69, 9.17) is 20.6 Å². The fraction of sp³-hybridized carbons (Fsp3) is 0.571. The normalized spacial score (nSPS) is 14.5. The van der Waals surface area contributed by atoms with E-state index in [0.29, 0.717) is 12.8 Å². The molecule has 0 rings (SSSR count). The highest BCUT2D eigenvalue weighted by atomic mass is 31.2. The number of allylic oxidation sites excluding steroid dienone is 1. The lowest BCUT2D eigenvalue weighted by molar-refractivity contribution is -0.137. The van der Waals surface area contributed by atoms with E-state index >= 15 is 0 Å². The smallest absolute Gasteiger partial charge is 0.325 e. The summed E-state index contributed by atoms with van der Waals surface area (Å²) in [4.78, 5) is 27.2.